The Hall–Kier alpha value is -1.07. The molecule has 2 rings (SSSR count). The number of nitrogens with one attached hydrogen (secondary N) is 1. The maximum Gasteiger partial charge on any atom is 0.409 e. The van der Waals surface area contributed by atoms with Gasteiger partial charge in [-0.05, 0) is 18.4 Å². The van der Waals surface area contributed by atoms with Gasteiger partial charge in [-0.3, -0.25) is 0 Å². The molecule has 1 amide bonds. The van der Waals surface area contributed by atoms with Crippen molar-refractivity contribution < 1.29 is 9.53 Å². The van der Waals surface area contributed by atoms with E-state index >= 15 is 0 Å². The smallest absolute Gasteiger partial charge is 0.409 e. The van der Waals surface area contributed by atoms with Crippen molar-refractivity contribution in [2.45, 2.75) is 13.0 Å². The molecule has 2 heterocycles. The number of ether oxygens (including phenoxy) is 1. The van der Waals surface area contributed by atoms with E-state index in [0.29, 0.717) is 13.2 Å². The molecule has 16 heavy (non-hydrogen) atoms. The molecule has 0 unspecified atom stereocenters. The molecule has 1 aromatic heterocycles. The molecular weight excluding hydrogens is 224 g/mol. The first-order chi connectivity index (χ1) is 7.81. The Morgan fingerprint density at radius 1 is 1.75 bits per heavy atom. The zero-order valence-corrected chi connectivity index (χ0v) is 10.1. The summed E-state index contributed by atoms with van der Waals surface area (Å²) < 4.78 is 5.01. The summed E-state index contributed by atoms with van der Waals surface area (Å²) in [6.07, 6.45) is -0.203. The second-order valence-corrected chi connectivity index (χ2v) is 4.65. The molecule has 0 aromatic carbocycles. The number of piperazine rings is 1. The van der Waals surface area contributed by atoms with Crippen molar-refractivity contribution in [1.29, 1.82) is 0 Å². The van der Waals surface area contributed by atoms with Gasteiger partial charge in [0.15, 0.2) is 0 Å². The Kier molecular flexibility index (Phi) is 3.79. The van der Waals surface area contributed by atoms with Crippen LogP contribution in [0, 0.1) is 0 Å². The molecule has 0 aliphatic carbocycles. The zero-order chi connectivity index (χ0) is 11.4. The highest BCUT2D eigenvalue weighted by Gasteiger charge is 2.25. The molecule has 0 saturated carbocycles. The summed E-state index contributed by atoms with van der Waals surface area (Å²) in [5, 5.41) is 5.47. The van der Waals surface area contributed by atoms with Crippen LogP contribution in [0.2, 0.25) is 0 Å². The van der Waals surface area contributed by atoms with Crippen LogP contribution >= 0.6 is 11.3 Å². The van der Waals surface area contributed by atoms with Gasteiger partial charge in [0.25, 0.3) is 0 Å². The van der Waals surface area contributed by atoms with Gasteiger partial charge in [-0.15, -0.1) is 11.3 Å². The average molecular weight is 240 g/mol. The molecule has 88 valence electrons. The van der Waals surface area contributed by atoms with Crippen LogP contribution in [0.5, 0.6) is 0 Å². The molecule has 1 aromatic rings. The Labute approximate surface area is 99.2 Å². The fraction of sp³-hybridized carbons (Fsp3) is 0.545. The fourth-order valence-corrected chi connectivity index (χ4v) is 2.60. The third kappa shape index (κ3) is 2.54. The quantitative estimate of drug-likeness (QED) is 0.857. The van der Waals surface area contributed by atoms with E-state index in [2.05, 4.69) is 16.8 Å². The van der Waals surface area contributed by atoms with Crippen LogP contribution < -0.4 is 5.32 Å². The first-order valence-electron chi connectivity index (χ1n) is 5.49. The lowest BCUT2D eigenvalue weighted by Gasteiger charge is -2.32. The number of carbonyl (C=O) groups excluding carboxylic acids is 1. The number of amides is 1. The van der Waals surface area contributed by atoms with Crippen molar-refractivity contribution in [3.8, 4) is 0 Å². The fourth-order valence-electron chi connectivity index (χ4n) is 1.81. The molecule has 4 nitrogen and oxygen atoms in total. The van der Waals surface area contributed by atoms with Crippen LogP contribution in [0.3, 0.4) is 0 Å². The van der Waals surface area contributed by atoms with E-state index in [1.54, 1.807) is 16.2 Å². The zero-order valence-electron chi connectivity index (χ0n) is 9.31. The van der Waals surface area contributed by atoms with Gasteiger partial charge in [-0.2, -0.15) is 0 Å². The first-order valence-corrected chi connectivity index (χ1v) is 6.37. The van der Waals surface area contributed by atoms with E-state index in [1.807, 2.05) is 13.0 Å². The summed E-state index contributed by atoms with van der Waals surface area (Å²) >= 11 is 1.72. The lowest BCUT2D eigenvalue weighted by molar-refractivity contribution is 0.0951. The monoisotopic (exact) mass is 240 g/mol. The molecule has 5 heteroatoms. The first kappa shape index (κ1) is 11.4. The van der Waals surface area contributed by atoms with Gasteiger partial charge in [-0.25, -0.2) is 4.79 Å². The van der Waals surface area contributed by atoms with E-state index in [0.717, 1.165) is 13.1 Å². The van der Waals surface area contributed by atoms with Gasteiger partial charge in [0.1, 0.15) is 0 Å². The van der Waals surface area contributed by atoms with Crippen LogP contribution in [0.1, 0.15) is 17.8 Å². The molecule has 1 atom stereocenters. The van der Waals surface area contributed by atoms with Crippen molar-refractivity contribution in [2.24, 2.45) is 0 Å². The summed E-state index contributed by atoms with van der Waals surface area (Å²) in [5.74, 6) is 0. The van der Waals surface area contributed by atoms with Gasteiger partial charge >= 0.3 is 6.09 Å². The summed E-state index contributed by atoms with van der Waals surface area (Å²) in [4.78, 5) is 14.6. The highest BCUT2D eigenvalue weighted by molar-refractivity contribution is 7.10. The molecule has 1 saturated heterocycles. The number of thiophene rings is 1. The predicted octanol–water partition coefficient (Wildman–Crippen LogP) is 1.85. The summed E-state index contributed by atoms with van der Waals surface area (Å²) in [7, 11) is 0. The summed E-state index contributed by atoms with van der Waals surface area (Å²) in [5.41, 5.74) is 0. The van der Waals surface area contributed by atoms with E-state index in [-0.39, 0.29) is 12.1 Å². The van der Waals surface area contributed by atoms with Crippen molar-refractivity contribution in [3.63, 3.8) is 0 Å². The summed E-state index contributed by atoms with van der Waals surface area (Å²) in [6, 6.07) is 4.38. The molecule has 0 spiro atoms. The Bertz CT molecular complexity index is 340. The maximum absolute atomic E-state index is 11.6. The van der Waals surface area contributed by atoms with Crippen molar-refractivity contribution in [1.82, 2.24) is 10.2 Å². The maximum atomic E-state index is 11.6. The van der Waals surface area contributed by atoms with E-state index in [1.165, 1.54) is 4.88 Å². The van der Waals surface area contributed by atoms with Gasteiger partial charge in [0.05, 0.1) is 12.6 Å². The molecular formula is C11H16N2O2S. The average Bonchev–Trinajstić information content (AvgIpc) is 2.83. The largest absolute Gasteiger partial charge is 0.450 e. The third-order valence-corrected chi connectivity index (χ3v) is 3.57. The van der Waals surface area contributed by atoms with E-state index in [4.69, 9.17) is 4.74 Å². The molecule has 0 bridgehead atoms. The number of hydrogen-bond acceptors (Lipinski definition) is 4. The minimum absolute atomic E-state index is 0.203. The minimum atomic E-state index is -0.203. The minimum Gasteiger partial charge on any atom is -0.450 e. The van der Waals surface area contributed by atoms with Crippen molar-refractivity contribution in [3.05, 3.63) is 22.4 Å². The summed E-state index contributed by atoms with van der Waals surface area (Å²) in [6.45, 7) is 4.50. The van der Waals surface area contributed by atoms with E-state index in [9.17, 15) is 4.79 Å². The molecule has 1 fully saturated rings. The van der Waals surface area contributed by atoms with Crippen LogP contribution in [0.25, 0.3) is 0 Å². The van der Waals surface area contributed by atoms with Gasteiger partial charge in [0.2, 0.25) is 0 Å². The topological polar surface area (TPSA) is 41.6 Å². The number of nitrogens with zero attached hydrogens (tertiary/aromatic N) is 1. The second kappa shape index (κ2) is 5.32. The number of hydrogen-bond donors (Lipinski definition) is 1. The lowest BCUT2D eigenvalue weighted by Crippen LogP contribution is -2.48. The van der Waals surface area contributed by atoms with Gasteiger partial charge in [0, 0.05) is 24.5 Å². The normalized spacial score (nSPS) is 20.8. The van der Waals surface area contributed by atoms with Crippen molar-refractivity contribution in [2.75, 3.05) is 26.2 Å². The van der Waals surface area contributed by atoms with Crippen LogP contribution in [0.15, 0.2) is 17.5 Å². The SMILES string of the molecule is CCOC(=O)N1CCN[C@H](c2cccs2)C1. The van der Waals surface area contributed by atoms with Crippen molar-refractivity contribution >= 4 is 17.4 Å². The highest BCUT2D eigenvalue weighted by atomic mass is 32.1. The Morgan fingerprint density at radius 3 is 3.31 bits per heavy atom. The number of carbonyl (C=O) groups is 1. The van der Waals surface area contributed by atoms with Gasteiger partial charge < -0.3 is 15.0 Å². The highest BCUT2D eigenvalue weighted by Crippen LogP contribution is 2.22. The van der Waals surface area contributed by atoms with Crippen LogP contribution in [-0.2, 0) is 4.74 Å². The molecule has 1 N–H and O–H groups in total. The second-order valence-electron chi connectivity index (χ2n) is 3.67. The Morgan fingerprint density at radius 2 is 2.62 bits per heavy atom. The predicted molar refractivity (Wildman–Crippen MR) is 63.7 cm³/mol. The van der Waals surface area contributed by atoms with Crippen LogP contribution in [0.4, 0.5) is 4.79 Å². The molecule has 0 radical (unpaired) electrons. The van der Waals surface area contributed by atoms with Crippen LogP contribution in [-0.4, -0.2) is 37.2 Å². The standard InChI is InChI=1S/C11H16N2O2S/c1-2-15-11(14)13-6-5-12-9(8-13)10-4-3-7-16-10/h3-4,7,9,12H,2,5-6,8H2,1H3/t9-/m0/s1. The third-order valence-electron chi connectivity index (χ3n) is 2.59. The lowest BCUT2D eigenvalue weighted by atomic mass is 10.2. The Balaban J connectivity index is 1.96. The molecule has 1 aliphatic rings. The van der Waals surface area contributed by atoms with Gasteiger partial charge in [-0.1, -0.05) is 6.07 Å². The number of rotatable bonds is 2. The van der Waals surface area contributed by atoms with E-state index < -0.39 is 0 Å². The molecule has 1 aliphatic heterocycles.